The summed E-state index contributed by atoms with van der Waals surface area (Å²) in [6, 6.07) is 17.8. The van der Waals surface area contributed by atoms with Crippen molar-refractivity contribution in [2.45, 2.75) is 19.4 Å². The normalized spacial score (nSPS) is 13.0. The molecule has 0 spiro atoms. The van der Waals surface area contributed by atoms with Gasteiger partial charge in [0, 0.05) is 39.3 Å². The Kier molecular flexibility index (Phi) is 4.36. The molecule has 0 aliphatic rings. The third-order valence-corrected chi connectivity index (χ3v) is 5.04. The molecule has 2 aromatic carbocycles. The molecule has 6 nitrogen and oxygen atoms in total. The summed E-state index contributed by atoms with van der Waals surface area (Å²) >= 11 is 0. The average molecular weight is 382 g/mol. The number of carbonyl (C=O) groups is 1. The number of pyridine rings is 2. The molecular weight excluding hydrogens is 364 g/mol. The highest BCUT2D eigenvalue weighted by Gasteiger charge is 2.29. The Morgan fingerprint density at radius 3 is 2.59 bits per heavy atom. The molecule has 2 heterocycles. The molecule has 0 bridgehead atoms. The smallest absolute Gasteiger partial charge is 0.252 e. The van der Waals surface area contributed by atoms with E-state index >= 15 is 0 Å². The number of H-pyrrole nitrogens is 1. The molecule has 4 aromatic rings. The van der Waals surface area contributed by atoms with Gasteiger partial charge in [-0.1, -0.05) is 18.2 Å². The van der Waals surface area contributed by atoms with Gasteiger partial charge >= 0.3 is 0 Å². The molecule has 0 saturated carbocycles. The van der Waals surface area contributed by atoms with E-state index in [2.05, 4.69) is 21.4 Å². The summed E-state index contributed by atoms with van der Waals surface area (Å²) < 4.78 is 0. The molecule has 4 rings (SSSR count). The molecule has 1 unspecified atom stereocenters. The van der Waals surface area contributed by atoms with Crippen LogP contribution in [-0.2, 0) is 5.54 Å². The van der Waals surface area contributed by atoms with Crippen molar-refractivity contribution in [3.8, 4) is 6.07 Å². The standard InChI is InChI=1S/C23H18N4O2/c1-14-7-9-16(12-25-14)23(2,13-24)27-22(29)15-8-10-18-20(11-15)26-19-6-4-3-5-17(19)21(18)28/h3-12H,1-2H3,(H,26,28)(H,27,29). The van der Waals surface area contributed by atoms with Gasteiger partial charge in [-0.3, -0.25) is 14.6 Å². The first-order chi connectivity index (χ1) is 13.9. The minimum atomic E-state index is -1.23. The van der Waals surface area contributed by atoms with Gasteiger partial charge in [-0.15, -0.1) is 0 Å². The molecule has 2 N–H and O–H groups in total. The Bertz CT molecular complexity index is 1350. The number of hydrogen-bond donors (Lipinski definition) is 2. The lowest BCUT2D eigenvalue weighted by Crippen LogP contribution is -2.42. The predicted molar refractivity (Wildman–Crippen MR) is 111 cm³/mol. The van der Waals surface area contributed by atoms with Crippen LogP contribution < -0.4 is 10.7 Å². The third kappa shape index (κ3) is 3.23. The number of rotatable bonds is 3. The second kappa shape index (κ2) is 6.88. The number of carbonyl (C=O) groups excluding carboxylic acids is 1. The maximum Gasteiger partial charge on any atom is 0.252 e. The molecule has 0 aliphatic carbocycles. The lowest BCUT2D eigenvalue weighted by atomic mass is 9.94. The molecule has 6 heteroatoms. The van der Waals surface area contributed by atoms with E-state index in [0.29, 0.717) is 32.9 Å². The lowest BCUT2D eigenvalue weighted by molar-refractivity contribution is 0.0923. The van der Waals surface area contributed by atoms with Gasteiger partial charge in [-0.05, 0) is 50.2 Å². The van der Waals surface area contributed by atoms with Gasteiger partial charge in [-0.25, -0.2) is 0 Å². The van der Waals surface area contributed by atoms with E-state index in [1.54, 1.807) is 49.5 Å². The number of nitriles is 1. The van der Waals surface area contributed by atoms with Gasteiger partial charge in [0.25, 0.3) is 5.91 Å². The number of nitrogens with one attached hydrogen (secondary N) is 2. The molecule has 0 radical (unpaired) electrons. The number of hydrogen-bond acceptors (Lipinski definition) is 4. The van der Waals surface area contributed by atoms with Crippen molar-refractivity contribution >= 4 is 27.7 Å². The van der Waals surface area contributed by atoms with Gasteiger partial charge < -0.3 is 10.3 Å². The van der Waals surface area contributed by atoms with E-state index in [-0.39, 0.29) is 5.43 Å². The van der Waals surface area contributed by atoms with E-state index in [4.69, 9.17) is 0 Å². The van der Waals surface area contributed by atoms with Crippen molar-refractivity contribution in [1.29, 1.82) is 5.26 Å². The Labute approximate surface area is 166 Å². The van der Waals surface area contributed by atoms with Gasteiger partial charge in [0.1, 0.15) is 0 Å². The maximum atomic E-state index is 12.9. The number of aromatic amines is 1. The average Bonchev–Trinajstić information content (AvgIpc) is 2.74. The van der Waals surface area contributed by atoms with Crippen molar-refractivity contribution in [2.24, 2.45) is 0 Å². The number of aryl methyl sites for hydroxylation is 1. The highest BCUT2D eigenvalue weighted by molar-refractivity contribution is 6.00. The minimum Gasteiger partial charge on any atom is -0.354 e. The Morgan fingerprint density at radius 2 is 1.86 bits per heavy atom. The molecule has 1 amide bonds. The van der Waals surface area contributed by atoms with Crippen molar-refractivity contribution < 1.29 is 4.79 Å². The topological polar surface area (TPSA) is 98.6 Å². The highest BCUT2D eigenvalue weighted by atomic mass is 16.1. The second-order valence-corrected chi connectivity index (χ2v) is 7.14. The Balaban J connectivity index is 1.73. The number of aromatic nitrogens is 2. The van der Waals surface area contributed by atoms with E-state index in [0.717, 1.165) is 5.69 Å². The number of amides is 1. The zero-order valence-electron chi connectivity index (χ0n) is 16.0. The zero-order chi connectivity index (χ0) is 20.6. The van der Waals surface area contributed by atoms with Crippen LogP contribution in [0, 0.1) is 18.3 Å². The first-order valence-electron chi connectivity index (χ1n) is 9.13. The summed E-state index contributed by atoms with van der Waals surface area (Å²) in [5.41, 5.74) is 1.72. The van der Waals surface area contributed by atoms with E-state index < -0.39 is 11.4 Å². The zero-order valence-corrected chi connectivity index (χ0v) is 16.0. The fourth-order valence-corrected chi connectivity index (χ4v) is 3.29. The Hall–Kier alpha value is -3.98. The summed E-state index contributed by atoms with van der Waals surface area (Å²) in [5, 5.41) is 13.6. The van der Waals surface area contributed by atoms with E-state index in [9.17, 15) is 14.9 Å². The van der Waals surface area contributed by atoms with Crippen LogP contribution in [0.1, 0.15) is 28.5 Å². The van der Waals surface area contributed by atoms with Crippen LogP contribution in [0.4, 0.5) is 0 Å². The summed E-state index contributed by atoms with van der Waals surface area (Å²) in [6.07, 6.45) is 1.59. The Morgan fingerprint density at radius 1 is 1.10 bits per heavy atom. The van der Waals surface area contributed by atoms with E-state index in [1.807, 2.05) is 25.1 Å². The maximum absolute atomic E-state index is 12.9. The van der Waals surface area contributed by atoms with Crippen LogP contribution in [0.3, 0.4) is 0 Å². The molecule has 142 valence electrons. The fraction of sp³-hybridized carbons (Fsp3) is 0.130. The number of nitrogens with zero attached hydrogens (tertiary/aromatic N) is 2. The number of para-hydroxylation sites is 1. The summed E-state index contributed by atoms with van der Waals surface area (Å²) in [7, 11) is 0. The molecule has 29 heavy (non-hydrogen) atoms. The first-order valence-corrected chi connectivity index (χ1v) is 9.13. The molecule has 0 aliphatic heterocycles. The third-order valence-electron chi connectivity index (χ3n) is 5.04. The fourth-order valence-electron chi connectivity index (χ4n) is 3.29. The summed E-state index contributed by atoms with van der Waals surface area (Å²) in [4.78, 5) is 33.0. The van der Waals surface area contributed by atoms with Crippen LogP contribution in [0.5, 0.6) is 0 Å². The van der Waals surface area contributed by atoms with Crippen LogP contribution in [0.25, 0.3) is 21.8 Å². The van der Waals surface area contributed by atoms with Gasteiger partial charge in [0.15, 0.2) is 11.0 Å². The van der Waals surface area contributed by atoms with Crippen molar-refractivity contribution in [2.75, 3.05) is 0 Å². The van der Waals surface area contributed by atoms with Crippen molar-refractivity contribution in [3.63, 3.8) is 0 Å². The number of benzene rings is 2. The summed E-state index contributed by atoms with van der Waals surface area (Å²) in [5.74, 6) is -0.412. The monoisotopic (exact) mass is 382 g/mol. The SMILES string of the molecule is Cc1ccc(C(C)(C#N)NC(=O)c2ccc3c(=O)c4ccccc4[nH]c3c2)cn1. The molecule has 0 saturated heterocycles. The molecule has 2 aromatic heterocycles. The van der Waals surface area contributed by atoms with E-state index in [1.165, 1.54) is 0 Å². The quantitative estimate of drug-likeness (QED) is 0.529. The highest BCUT2D eigenvalue weighted by Crippen LogP contribution is 2.21. The molecule has 0 fully saturated rings. The van der Waals surface area contributed by atoms with Crippen LogP contribution in [0.2, 0.25) is 0 Å². The van der Waals surface area contributed by atoms with Crippen molar-refractivity contribution in [3.05, 3.63) is 87.8 Å². The minimum absolute atomic E-state index is 0.0890. The molecule has 1 atom stereocenters. The van der Waals surface area contributed by atoms with Crippen LogP contribution in [0.15, 0.2) is 65.6 Å². The molecular formula is C23H18N4O2. The lowest BCUT2D eigenvalue weighted by Gasteiger charge is -2.23. The number of fused-ring (bicyclic) bond motifs is 2. The van der Waals surface area contributed by atoms with Gasteiger partial charge in [-0.2, -0.15) is 5.26 Å². The van der Waals surface area contributed by atoms with Gasteiger partial charge in [0.05, 0.1) is 11.6 Å². The largest absolute Gasteiger partial charge is 0.354 e. The van der Waals surface area contributed by atoms with Crippen LogP contribution in [-0.4, -0.2) is 15.9 Å². The predicted octanol–water partition coefficient (Wildman–Crippen LogP) is 3.55. The van der Waals surface area contributed by atoms with Gasteiger partial charge in [0.2, 0.25) is 0 Å². The van der Waals surface area contributed by atoms with Crippen LogP contribution >= 0.6 is 0 Å². The van der Waals surface area contributed by atoms with Crippen molar-refractivity contribution in [1.82, 2.24) is 15.3 Å². The summed E-state index contributed by atoms with van der Waals surface area (Å²) in [6.45, 7) is 3.49. The first kappa shape index (κ1) is 18.4. The second-order valence-electron chi connectivity index (χ2n) is 7.14.